The van der Waals surface area contributed by atoms with Gasteiger partial charge in [0.25, 0.3) is 0 Å². The minimum Gasteiger partial charge on any atom is -0.469 e. The van der Waals surface area contributed by atoms with Gasteiger partial charge >= 0.3 is 5.97 Å². The van der Waals surface area contributed by atoms with Gasteiger partial charge in [-0.15, -0.1) is 11.3 Å². The quantitative estimate of drug-likeness (QED) is 0.454. The van der Waals surface area contributed by atoms with Crippen molar-refractivity contribution < 1.29 is 14.3 Å². The summed E-state index contributed by atoms with van der Waals surface area (Å²) in [5.41, 5.74) is 0.818. The summed E-state index contributed by atoms with van der Waals surface area (Å²) in [6, 6.07) is 1.93. The van der Waals surface area contributed by atoms with Crippen molar-refractivity contribution in [3.63, 3.8) is 0 Å². The maximum absolute atomic E-state index is 11.9. The number of rotatable bonds is 6. The van der Waals surface area contributed by atoms with Gasteiger partial charge in [0.2, 0.25) is 0 Å². The summed E-state index contributed by atoms with van der Waals surface area (Å²) in [6.07, 6.45) is 0.357. The molecule has 0 atom stereocenters. The van der Waals surface area contributed by atoms with Crippen LogP contribution in [0.25, 0.3) is 0 Å². The first-order valence-electron chi connectivity index (χ1n) is 5.29. The molecule has 5 heteroatoms. The lowest BCUT2D eigenvalue weighted by atomic mass is 10.2. The van der Waals surface area contributed by atoms with E-state index in [4.69, 9.17) is 0 Å². The zero-order chi connectivity index (χ0) is 12.8. The van der Waals surface area contributed by atoms with Crippen molar-refractivity contribution in [2.75, 3.05) is 18.6 Å². The highest BCUT2D eigenvalue weighted by Crippen LogP contribution is 2.22. The monoisotopic (exact) mass is 272 g/mol. The van der Waals surface area contributed by atoms with Gasteiger partial charge in [0.15, 0.2) is 5.78 Å². The Balaban J connectivity index is 2.35. The van der Waals surface area contributed by atoms with Gasteiger partial charge in [-0.25, -0.2) is 0 Å². The van der Waals surface area contributed by atoms with Crippen LogP contribution < -0.4 is 0 Å². The van der Waals surface area contributed by atoms with Gasteiger partial charge in [-0.3, -0.25) is 9.59 Å². The second kappa shape index (κ2) is 6.81. The lowest BCUT2D eigenvalue weighted by Crippen LogP contribution is -2.05. The van der Waals surface area contributed by atoms with E-state index in [1.807, 2.05) is 19.9 Å². The summed E-state index contributed by atoms with van der Waals surface area (Å²) in [5, 5.41) is 0. The molecule has 0 aliphatic heterocycles. The number of hydrogen-bond donors (Lipinski definition) is 0. The van der Waals surface area contributed by atoms with E-state index in [0.29, 0.717) is 17.9 Å². The number of aryl methyl sites for hydroxylation is 2. The predicted octanol–water partition coefficient (Wildman–Crippen LogP) is 2.84. The highest BCUT2D eigenvalue weighted by Gasteiger charge is 2.12. The van der Waals surface area contributed by atoms with Crippen LogP contribution in [-0.2, 0) is 9.53 Å². The van der Waals surface area contributed by atoms with E-state index < -0.39 is 0 Å². The van der Waals surface area contributed by atoms with Crippen molar-refractivity contribution in [2.45, 2.75) is 20.3 Å². The number of Topliss-reactive ketones (excluding diaryl/α,β-unsaturated/α-hetero) is 1. The molecule has 0 bridgehead atoms. The molecule has 0 amide bonds. The van der Waals surface area contributed by atoms with Gasteiger partial charge in [0.05, 0.1) is 19.3 Å². The molecule has 0 aliphatic rings. The Bertz CT molecular complexity index is 410. The standard InChI is InChI=1S/C12H16O3S2/c1-8-6-10(9(2)17-8)11(13)7-16-5-4-12(14)15-3/h6H,4-5,7H2,1-3H3. The minimum atomic E-state index is -0.229. The maximum atomic E-state index is 11.9. The molecular formula is C12H16O3S2. The van der Waals surface area contributed by atoms with Gasteiger partial charge < -0.3 is 4.74 Å². The number of hydrogen-bond acceptors (Lipinski definition) is 5. The molecule has 0 spiro atoms. The highest BCUT2D eigenvalue weighted by atomic mass is 32.2. The van der Waals surface area contributed by atoms with Crippen LogP contribution in [0.4, 0.5) is 0 Å². The largest absolute Gasteiger partial charge is 0.469 e. The van der Waals surface area contributed by atoms with E-state index in [9.17, 15) is 9.59 Å². The molecule has 0 aliphatic carbocycles. The normalized spacial score (nSPS) is 10.3. The maximum Gasteiger partial charge on any atom is 0.306 e. The number of thiophene rings is 1. The molecule has 1 aromatic rings. The third-order valence-corrected chi connectivity index (χ3v) is 4.18. The fraction of sp³-hybridized carbons (Fsp3) is 0.500. The van der Waals surface area contributed by atoms with E-state index in [0.717, 1.165) is 15.3 Å². The van der Waals surface area contributed by atoms with Crippen LogP contribution in [0.3, 0.4) is 0 Å². The lowest BCUT2D eigenvalue weighted by molar-refractivity contribution is -0.140. The van der Waals surface area contributed by atoms with Gasteiger partial charge in [-0.2, -0.15) is 11.8 Å². The SMILES string of the molecule is COC(=O)CCSCC(=O)c1cc(C)sc1C. The third kappa shape index (κ3) is 4.52. The molecule has 1 rings (SSSR count). The topological polar surface area (TPSA) is 43.4 Å². The molecule has 94 valence electrons. The van der Waals surface area contributed by atoms with E-state index >= 15 is 0 Å². The Morgan fingerprint density at radius 1 is 1.41 bits per heavy atom. The summed E-state index contributed by atoms with van der Waals surface area (Å²) in [5.74, 6) is 0.962. The summed E-state index contributed by atoms with van der Waals surface area (Å²) in [4.78, 5) is 25.0. The summed E-state index contributed by atoms with van der Waals surface area (Å²) >= 11 is 3.11. The van der Waals surface area contributed by atoms with E-state index in [1.54, 1.807) is 11.3 Å². The van der Waals surface area contributed by atoms with E-state index in [2.05, 4.69) is 4.74 Å². The molecule has 0 saturated carbocycles. The Morgan fingerprint density at radius 2 is 2.12 bits per heavy atom. The van der Waals surface area contributed by atoms with Crippen molar-refractivity contribution >= 4 is 34.9 Å². The highest BCUT2D eigenvalue weighted by molar-refractivity contribution is 8.00. The number of carbonyl (C=O) groups is 2. The van der Waals surface area contributed by atoms with E-state index in [1.165, 1.54) is 18.9 Å². The van der Waals surface area contributed by atoms with Gasteiger partial charge in [-0.1, -0.05) is 0 Å². The summed E-state index contributed by atoms with van der Waals surface area (Å²) in [6.45, 7) is 3.96. The summed E-state index contributed by atoms with van der Waals surface area (Å²) < 4.78 is 4.53. The number of ether oxygens (including phenoxy) is 1. The van der Waals surface area contributed by atoms with E-state index in [-0.39, 0.29) is 11.8 Å². The molecule has 0 radical (unpaired) electrons. The van der Waals surface area contributed by atoms with Crippen molar-refractivity contribution in [3.05, 3.63) is 21.4 Å². The number of methoxy groups -OCH3 is 1. The molecule has 0 aromatic carbocycles. The van der Waals surface area contributed by atoms with Crippen LogP contribution in [0, 0.1) is 13.8 Å². The first kappa shape index (κ1) is 14.3. The molecule has 3 nitrogen and oxygen atoms in total. The third-order valence-electron chi connectivity index (χ3n) is 2.25. The van der Waals surface area contributed by atoms with Crippen molar-refractivity contribution in [3.8, 4) is 0 Å². The zero-order valence-corrected chi connectivity index (χ0v) is 11.9. The number of esters is 1. The smallest absolute Gasteiger partial charge is 0.306 e. The first-order chi connectivity index (χ1) is 8.04. The molecule has 0 N–H and O–H groups in total. The Hall–Kier alpha value is -0.810. The summed E-state index contributed by atoms with van der Waals surface area (Å²) in [7, 11) is 1.37. The lowest BCUT2D eigenvalue weighted by Gasteiger charge is -2.00. The number of thioether (sulfide) groups is 1. The van der Waals surface area contributed by atoms with Crippen molar-refractivity contribution in [2.24, 2.45) is 0 Å². The van der Waals surface area contributed by atoms with Gasteiger partial charge in [-0.05, 0) is 19.9 Å². The number of ketones is 1. The van der Waals surface area contributed by atoms with Crippen LogP contribution in [-0.4, -0.2) is 30.4 Å². The van der Waals surface area contributed by atoms with Crippen LogP contribution in [0.1, 0.15) is 26.5 Å². The molecule has 0 fully saturated rings. The first-order valence-corrected chi connectivity index (χ1v) is 7.26. The fourth-order valence-electron chi connectivity index (χ4n) is 1.41. The predicted molar refractivity (Wildman–Crippen MR) is 72.1 cm³/mol. The number of carbonyl (C=O) groups excluding carboxylic acids is 2. The van der Waals surface area contributed by atoms with Crippen molar-refractivity contribution in [1.29, 1.82) is 0 Å². The second-order valence-electron chi connectivity index (χ2n) is 3.63. The molecule has 0 saturated heterocycles. The average Bonchev–Trinajstić information content (AvgIpc) is 2.63. The molecule has 1 heterocycles. The Labute approximate surface area is 110 Å². The Morgan fingerprint density at radius 3 is 2.65 bits per heavy atom. The second-order valence-corrected chi connectivity index (χ2v) is 6.19. The van der Waals surface area contributed by atoms with Crippen LogP contribution in [0.5, 0.6) is 0 Å². The average molecular weight is 272 g/mol. The van der Waals surface area contributed by atoms with Crippen LogP contribution in [0.15, 0.2) is 6.07 Å². The minimum absolute atomic E-state index is 0.140. The molecule has 17 heavy (non-hydrogen) atoms. The molecule has 1 aromatic heterocycles. The van der Waals surface area contributed by atoms with Gasteiger partial charge in [0.1, 0.15) is 0 Å². The fourth-order valence-corrected chi connectivity index (χ4v) is 3.15. The Kier molecular flexibility index (Phi) is 5.71. The van der Waals surface area contributed by atoms with Crippen molar-refractivity contribution in [1.82, 2.24) is 0 Å². The van der Waals surface area contributed by atoms with Crippen LogP contribution >= 0.6 is 23.1 Å². The molecule has 0 unspecified atom stereocenters. The molecular weight excluding hydrogens is 256 g/mol. The van der Waals surface area contributed by atoms with Crippen LogP contribution in [0.2, 0.25) is 0 Å². The van der Waals surface area contributed by atoms with Gasteiger partial charge in [0, 0.05) is 21.1 Å². The zero-order valence-electron chi connectivity index (χ0n) is 10.2.